The maximum absolute atomic E-state index is 7.38. The smallest absolute Gasteiger partial charge is 0.209 e. The average molecular weight is 635 g/mol. The Morgan fingerprint density at radius 3 is 0.718 bits per heavy atom. The van der Waals surface area contributed by atoms with Crippen molar-refractivity contribution in [2.45, 2.75) is 41.5 Å². The van der Waals surface area contributed by atoms with E-state index in [1.165, 1.54) is 0 Å². The second-order valence-corrected chi connectivity index (χ2v) is 17.0. The van der Waals surface area contributed by atoms with Gasteiger partial charge in [-0.1, -0.05) is 91.0 Å². The first-order valence-electron chi connectivity index (χ1n) is 12.6. The summed E-state index contributed by atoms with van der Waals surface area (Å²) in [5.41, 5.74) is 10.2. The second kappa shape index (κ2) is 13.4. The van der Waals surface area contributed by atoms with E-state index in [1.54, 1.807) is 0 Å². The molecule has 39 heavy (non-hydrogen) atoms. The normalized spacial score (nSPS) is 19.0. The lowest BCUT2D eigenvalue weighted by molar-refractivity contribution is 1.29. The fraction of sp³-hybridized carbons (Fsp3) is 0.200. The fourth-order valence-corrected chi connectivity index (χ4v) is 17.3. The predicted octanol–water partition coefficient (Wildman–Crippen LogP) is 12.5. The van der Waals surface area contributed by atoms with Gasteiger partial charge in [0.2, 0.25) is 22.7 Å². The zero-order chi connectivity index (χ0) is 28.3. The summed E-state index contributed by atoms with van der Waals surface area (Å²) in [7, 11) is -4.08. The Morgan fingerprint density at radius 2 is 0.538 bits per heavy atom. The Hall–Kier alpha value is -1.56. The van der Waals surface area contributed by atoms with Crippen LogP contribution in [0, 0.1) is 41.5 Å². The summed E-state index contributed by atoms with van der Waals surface area (Å²) in [5.74, 6) is 0. The van der Waals surface area contributed by atoms with Crippen LogP contribution < -0.4 is 13.3 Å². The molecule has 0 aromatic heterocycles. The molecule has 0 unspecified atom stereocenters. The monoisotopic (exact) mass is 633 g/mol. The summed E-state index contributed by atoms with van der Waals surface area (Å²) in [6.07, 6.45) is 0. The van der Waals surface area contributed by atoms with Crippen molar-refractivity contribution >= 4 is 73.5 Å². The first kappa shape index (κ1) is 30.4. The molecule has 204 valence electrons. The minimum Gasteiger partial charge on any atom is -0.268 e. The molecule has 0 radical (unpaired) electrons. The molecular weight excluding hydrogens is 602 g/mol. The van der Waals surface area contributed by atoms with Crippen LogP contribution in [0.25, 0.3) is 0 Å². The lowest BCUT2D eigenvalue weighted by Gasteiger charge is -2.53. The van der Waals surface area contributed by atoms with Crippen molar-refractivity contribution in [3.63, 3.8) is 0 Å². The number of hydrogen-bond acceptors (Lipinski definition) is 3. The quantitative estimate of drug-likeness (QED) is 0.208. The van der Waals surface area contributed by atoms with Crippen LogP contribution in [0.3, 0.4) is 0 Å². The maximum Gasteiger partial charge on any atom is 0.209 e. The van der Waals surface area contributed by atoms with Crippen LogP contribution in [0.1, 0.15) is 33.4 Å². The van der Waals surface area contributed by atoms with E-state index in [0.717, 1.165) is 50.4 Å². The minimum absolute atomic E-state index is 1.09. The van der Waals surface area contributed by atoms with E-state index in [1.807, 2.05) is 36.4 Å². The van der Waals surface area contributed by atoms with Crippen LogP contribution in [0.4, 0.5) is 17.1 Å². The second-order valence-electron chi connectivity index (χ2n) is 9.47. The zero-order valence-corrected chi connectivity index (χ0v) is 27.9. The van der Waals surface area contributed by atoms with Gasteiger partial charge in [0.25, 0.3) is 0 Å². The Morgan fingerprint density at radius 1 is 0.359 bits per heavy atom. The number of benzene rings is 4. The standard InChI is InChI=1S/C24H27Cl3N3P3.C6H6/c1-16-10-7-11-17(2)22(16)28-31(25)29(23-18(3)12-8-13-19(23)4)33(27)30(32(28)26)24-20(5)14-9-15-21(24)6;1-2-4-6-5-3-1/h7-15H,1-6H3;1-6H. The molecule has 0 atom stereocenters. The van der Waals surface area contributed by atoms with Crippen LogP contribution in [-0.4, -0.2) is 0 Å². The molecule has 0 aliphatic carbocycles. The van der Waals surface area contributed by atoms with Gasteiger partial charge in [0, 0.05) is 0 Å². The van der Waals surface area contributed by atoms with Crippen molar-refractivity contribution < 1.29 is 0 Å². The molecule has 4 aromatic rings. The topological polar surface area (TPSA) is 9.72 Å². The zero-order valence-electron chi connectivity index (χ0n) is 23.0. The third-order valence-corrected chi connectivity index (χ3v) is 17.3. The number of para-hydroxylation sites is 3. The summed E-state index contributed by atoms with van der Waals surface area (Å²) >= 11 is 22.1. The van der Waals surface area contributed by atoms with Crippen LogP contribution in [0.2, 0.25) is 0 Å². The molecule has 5 rings (SSSR count). The number of anilines is 3. The third kappa shape index (κ3) is 6.36. The van der Waals surface area contributed by atoms with Crippen molar-refractivity contribution in [1.29, 1.82) is 0 Å². The molecule has 1 saturated heterocycles. The maximum atomic E-state index is 7.38. The van der Waals surface area contributed by atoms with E-state index in [-0.39, 0.29) is 0 Å². The Balaban J connectivity index is 0.000000519. The molecular formula is C30H33Cl3N3P3. The summed E-state index contributed by atoms with van der Waals surface area (Å²) < 4.78 is 6.66. The van der Waals surface area contributed by atoms with E-state index >= 15 is 0 Å². The number of nitrogens with zero attached hydrogens (tertiary/aromatic N) is 3. The summed E-state index contributed by atoms with van der Waals surface area (Å²) in [5, 5.41) is 0. The van der Waals surface area contributed by atoms with Gasteiger partial charge < -0.3 is 0 Å². The molecule has 4 aromatic carbocycles. The van der Waals surface area contributed by atoms with E-state index in [2.05, 4.69) is 109 Å². The average Bonchev–Trinajstić information content (AvgIpc) is 2.90. The van der Waals surface area contributed by atoms with Crippen LogP contribution >= 0.6 is 56.4 Å². The SMILES string of the molecule is Cc1cccc(C)c1N1P(Cl)N(c2c(C)cccc2C)P(Cl)N(c2c(C)cccc2C)P1Cl.c1ccccc1. The number of halogens is 3. The molecule has 0 N–H and O–H groups in total. The Bertz CT molecular complexity index is 1180. The molecule has 0 bridgehead atoms. The number of rotatable bonds is 3. The van der Waals surface area contributed by atoms with Crippen LogP contribution in [0.15, 0.2) is 91.0 Å². The van der Waals surface area contributed by atoms with Gasteiger partial charge in [0.1, 0.15) is 0 Å². The highest BCUT2D eigenvalue weighted by atomic mass is 35.7. The fourth-order valence-electron chi connectivity index (χ4n) is 4.67. The Kier molecular flexibility index (Phi) is 10.4. The third-order valence-electron chi connectivity index (χ3n) is 6.52. The molecule has 0 saturated carbocycles. The van der Waals surface area contributed by atoms with Crippen molar-refractivity contribution in [2.24, 2.45) is 0 Å². The number of aryl methyl sites for hydroxylation is 6. The van der Waals surface area contributed by atoms with E-state index in [0.29, 0.717) is 0 Å². The molecule has 0 spiro atoms. The van der Waals surface area contributed by atoms with Crippen LogP contribution in [0.5, 0.6) is 0 Å². The molecule has 3 nitrogen and oxygen atoms in total. The van der Waals surface area contributed by atoms with Gasteiger partial charge in [-0.05, 0) is 109 Å². The highest BCUT2D eigenvalue weighted by Gasteiger charge is 2.49. The number of hydrogen-bond donors (Lipinski definition) is 0. The predicted molar refractivity (Wildman–Crippen MR) is 180 cm³/mol. The van der Waals surface area contributed by atoms with Gasteiger partial charge in [0.05, 0.1) is 17.1 Å². The first-order chi connectivity index (χ1) is 18.6. The summed E-state index contributed by atoms with van der Waals surface area (Å²) in [6, 6.07) is 30.9. The molecule has 1 heterocycles. The van der Waals surface area contributed by atoms with Gasteiger partial charge in [-0.3, -0.25) is 13.3 Å². The summed E-state index contributed by atoms with van der Waals surface area (Å²) in [6.45, 7) is 12.7. The van der Waals surface area contributed by atoms with Crippen molar-refractivity contribution in [3.05, 3.63) is 124 Å². The van der Waals surface area contributed by atoms with E-state index in [4.69, 9.17) is 33.7 Å². The molecule has 1 aliphatic rings. The molecule has 9 heteroatoms. The van der Waals surface area contributed by atoms with Gasteiger partial charge in [0.15, 0.2) is 0 Å². The van der Waals surface area contributed by atoms with E-state index < -0.39 is 22.7 Å². The van der Waals surface area contributed by atoms with Crippen molar-refractivity contribution in [2.75, 3.05) is 13.3 Å². The first-order valence-corrected chi connectivity index (χ1v) is 19.1. The lowest BCUT2D eigenvalue weighted by Crippen LogP contribution is -2.33. The van der Waals surface area contributed by atoms with E-state index in [9.17, 15) is 0 Å². The lowest BCUT2D eigenvalue weighted by atomic mass is 10.1. The van der Waals surface area contributed by atoms with Crippen molar-refractivity contribution in [3.8, 4) is 0 Å². The van der Waals surface area contributed by atoms with Crippen molar-refractivity contribution in [1.82, 2.24) is 0 Å². The van der Waals surface area contributed by atoms with Gasteiger partial charge in [-0.15, -0.1) is 0 Å². The largest absolute Gasteiger partial charge is 0.268 e. The highest BCUT2D eigenvalue weighted by Crippen LogP contribution is 2.84. The van der Waals surface area contributed by atoms with Crippen LogP contribution in [-0.2, 0) is 0 Å². The summed E-state index contributed by atoms with van der Waals surface area (Å²) in [4.78, 5) is 0. The van der Waals surface area contributed by atoms with Gasteiger partial charge >= 0.3 is 0 Å². The van der Waals surface area contributed by atoms with Gasteiger partial charge in [-0.2, -0.15) is 0 Å². The van der Waals surface area contributed by atoms with Gasteiger partial charge in [-0.25, -0.2) is 0 Å². The minimum atomic E-state index is -1.36. The highest BCUT2D eigenvalue weighted by molar-refractivity contribution is 8.15. The molecule has 1 aliphatic heterocycles. The molecule has 0 amide bonds. The molecule has 1 fully saturated rings. The Labute approximate surface area is 251 Å².